The second kappa shape index (κ2) is 7.71. The number of nitrogens with zero attached hydrogens (tertiary/aromatic N) is 1. The molecule has 2 aromatic rings. The van der Waals surface area contributed by atoms with Crippen molar-refractivity contribution in [2.24, 2.45) is 0 Å². The van der Waals surface area contributed by atoms with Gasteiger partial charge in [-0.1, -0.05) is 18.2 Å². The highest BCUT2D eigenvalue weighted by Gasteiger charge is 2.11. The molecule has 0 aliphatic carbocycles. The number of benzene rings is 1. The van der Waals surface area contributed by atoms with Crippen LogP contribution >= 0.6 is 11.8 Å². The summed E-state index contributed by atoms with van der Waals surface area (Å²) in [4.78, 5) is 0. The molecule has 0 saturated heterocycles. The summed E-state index contributed by atoms with van der Waals surface area (Å²) in [5.41, 5.74) is 5.28. The fourth-order valence-electron chi connectivity index (χ4n) is 2.66. The predicted molar refractivity (Wildman–Crippen MR) is 94.5 cm³/mol. The van der Waals surface area contributed by atoms with Crippen molar-refractivity contribution in [3.63, 3.8) is 0 Å². The van der Waals surface area contributed by atoms with Gasteiger partial charge in [-0.2, -0.15) is 11.8 Å². The molecule has 0 radical (unpaired) electrons. The number of rotatable bonds is 7. The Bertz CT molecular complexity index is 560. The minimum atomic E-state index is 0.567. The average Bonchev–Trinajstić information content (AvgIpc) is 2.78. The highest BCUT2D eigenvalue weighted by Crippen LogP contribution is 2.20. The van der Waals surface area contributed by atoms with Crippen LogP contribution in [0.15, 0.2) is 36.4 Å². The molecule has 0 amide bonds. The van der Waals surface area contributed by atoms with Gasteiger partial charge in [-0.3, -0.25) is 0 Å². The third-order valence-electron chi connectivity index (χ3n) is 3.95. The zero-order chi connectivity index (χ0) is 15.2. The van der Waals surface area contributed by atoms with E-state index in [0.29, 0.717) is 6.04 Å². The molecule has 1 unspecified atom stereocenters. The van der Waals surface area contributed by atoms with E-state index in [4.69, 9.17) is 0 Å². The molecule has 0 saturated carbocycles. The fourth-order valence-corrected chi connectivity index (χ4v) is 3.25. The predicted octanol–water partition coefficient (Wildman–Crippen LogP) is 4.33. The van der Waals surface area contributed by atoms with Gasteiger partial charge in [0.15, 0.2) is 0 Å². The number of hydrogen-bond donors (Lipinski definition) is 1. The Morgan fingerprint density at radius 3 is 2.57 bits per heavy atom. The van der Waals surface area contributed by atoms with Crippen LogP contribution in [-0.2, 0) is 6.54 Å². The molecule has 1 heterocycles. The zero-order valence-corrected chi connectivity index (χ0v) is 14.3. The van der Waals surface area contributed by atoms with Crippen molar-refractivity contribution in [2.45, 2.75) is 39.8 Å². The Hall–Kier alpha value is -1.19. The van der Waals surface area contributed by atoms with Gasteiger partial charge in [0, 0.05) is 29.7 Å². The first-order valence-electron chi connectivity index (χ1n) is 7.59. The van der Waals surface area contributed by atoms with Crippen molar-refractivity contribution in [3.05, 3.63) is 53.3 Å². The number of hydrogen-bond acceptors (Lipinski definition) is 2. The van der Waals surface area contributed by atoms with Gasteiger partial charge < -0.3 is 9.88 Å². The third kappa shape index (κ3) is 4.14. The molecule has 2 nitrogen and oxygen atoms in total. The van der Waals surface area contributed by atoms with E-state index >= 15 is 0 Å². The lowest BCUT2D eigenvalue weighted by atomic mass is 10.2. The Morgan fingerprint density at radius 2 is 1.90 bits per heavy atom. The van der Waals surface area contributed by atoms with Crippen molar-refractivity contribution >= 4 is 11.8 Å². The summed E-state index contributed by atoms with van der Waals surface area (Å²) >= 11 is 1.91. The van der Waals surface area contributed by atoms with Crippen LogP contribution in [0.3, 0.4) is 0 Å². The Morgan fingerprint density at radius 1 is 1.19 bits per heavy atom. The maximum atomic E-state index is 3.64. The molecule has 0 aliphatic heterocycles. The molecule has 3 heteroatoms. The van der Waals surface area contributed by atoms with Crippen molar-refractivity contribution in [2.75, 3.05) is 12.0 Å². The minimum absolute atomic E-state index is 0.567. The van der Waals surface area contributed by atoms with Crippen LogP contribution in [-0.4, -0.2) is 22.6 Å². The zero-order valence-electron chi connectivity index (χ0n) is 13.5. The van der Waals surface area contributed by atoms with Gasteiger partial charge in [-0.15, -0.1) is 0 Å². The lowest BCUT2D eigenvalue weighted by Crippen LogP contribution is -2.26. The molecule has 2 rings (SSSR count). The molecule has 0 fully saturated rings. The molecule has 1 atom stereocenters. The number of aryl methyl sites for hydroxylation is 1. The lowest BCUT2D eigenvalue weighted by molar-refractivity contribution is 0.536. The second-order valence-corrected chi connectivity index (χ2v) is 6.62. The summed E-state index contributed by atoms with van der Waals surface area (Å²) in [6.45, 7) is 7.61. The largest absolute Gasteiger partial charge is 0.318 e. The van der Waals surface area contributed by atoms with Crippen LogP contribution in [0.4, 0.5) is 0 Å². The van der Waals surface area contributed by atoms with E-state index in [1.165, 1.54) is 34.8 Å². The minimum Gasteiger partial charge on any atom is -0.318 e. The molecular weight excluding hydrogens is 276 g/mol. The van der Waals surface area contributed by atoms with Gasteiger partial charge >= 0.3 is 0 Å². The monoisotopic (exact) mass is 302 g/mol. The van der Waals surface area contributed by atoms with Crippen molar-refractivity contribution in [1.82, 2.24) is 9.88 Å². The Labute approximate surface area is 133 Å². The normalized spacial score (nSPS) is 12.6. The van der Waals surface area contributed by atoms with E-state index in [1.807, 2.05) is 11.8 Å². The number of nitrogens with one attached hydrogen (secondary N) is 1. The quantitative estimate of drug-likeness (QED) is 0.820. The van der Waals surface area contributed by atoms with Crippen LogP contribution in [0.5, 0.6) is 0 Å². The van der Waals surface area contributed by atoms with E-state index < -0.39 is 0 Å². The van der Waals surface area contributed by atoms with Crippen LogP contribution in [0.25, 0.3) is 5.69 Å². The number of thioether (sulfide) groups is 1. The van der Waals surface area contributed by atoms with Crippen LogP contribution in [0.2, 0.25) is 0 Å². The smallest absolute Gasteiger partial charge is 0.0455 e. The van der Waals surface area contributed by atoms with Crippen LogP contribution < -0.4 is 5.32 Å². The lowest BCUT2D eigenvalue weighted by Gasteiger charge is -2.14. The Balaban J connectivity index is 2.09. The van der Waals surface area contributed by atoms with Gasteiger partial charge in [0.1, 0.15) is 0 Å². The molecule has 1 aromatic carbocycles. The van der Waals surface area contributed by atoms with E-state index in [0.717, 1.165) is 6.54 Å². The van der Waals surface area contributed by atoms with Crippen molar-refractivity contribution in [3.8, 4) is 5.69 Å². The summed E-state index contributed by atoms with van der Waals surface area (Å²) in [6.07, 6.45) is 3.39. The molecule has 0 bridgehead atoms. The van der Waals surface area contributed by atoms with Crippen molar-refractivity contribution in [1.29, 1.82) is 0 Å². The summed E-state index contributed by atoms with van der Waals surface area (Å²) in [5, 5.41) is 3.64. The number of aromatic nitrogens is 1. The average molecular weight is 302 g/mol. The topological polar surface area (TPSA) is 17.0 Å². The highest BCUT2D eigenvalue weighted by molar-refractivity contribution is 7.98. The molecule has 1 N–H and O–H groups in total. The fraction of sp³-hybridized carbons (Fsp3) is 0.444. The van der Waals surface area contributed by atoms with E-state index in [-0.39, 0.29) is 0 Å². The van der Waals surface area contributed by atoms with Crippen molar-refractivity contribution < 1.29 is 0 Å². The van der Waals surface area contributed by atoms with Gasteiger partial charge in [0.05, 0.1) is 0 Å². The van der Waals surface area contributed by atoms with Gasteiger partial charge in [0.2, 0.25) is 0 Å². The van der Waals surface area contributed by atoms with Gasteiger partial charge in [-0.25, -0.2) is 0 Å². The van der Waals surface area contributed by atoms with E-state index in [9.17, 15) is 0 Å². The SMILES string of the molecule is CSCCC(C)NCc1cc(C)n(-c2ccccc2)c1C. The molecule has 0 aliphatic rings. The van der Waals surface area contributed by atoms with Crippen LogP contribution in [0.1, 0.15) is 30.3 Å². The summed E-state index contributed by atoms with van der Waals surface area (Å²) in [7, 11) is 0. The van der Waals surface area contributed by atoms with Crippen LogP contribution in [0, 0.1) is 13.8 Å². The number of para-hydroxylation sites is 1. The first-order chi connectivity index (χ1) is 10.1. The van der Waals surface area contributed by atoms with E-state index in [2.05, 4.69) is 73.3 Å². The first-order valence-corrected chi connectivity index (χ1v) is 8.98. The van der Waals surface area contributed by atoms with E-state index in [1.54, 1.807) is 0 Å². The molecule has 21 heavy (non-hydrogen) atoms. The summed E-state index contributed by atoms with van der Waals surface area (Å²) in [5.74, 6) is 1.22. The standard InChI is InChI=1S/C18H26N2S/c1-14(10-11-21-4)19-13-17-12-15(2)20(16(17)3)18-8-6-5-7-9-18/h5-9,12,14,19H,10-11,13H2,1-4H3. The molecule has 0 spiro atoms. The maximum Gasteiger partial charge on any atom is 0.0455 e. The Kier molecular flexibility index (Phi) is 5.95. The summed E-state index contributed by atoms with van der Waals surface area (Å²) in [6, 6.07) is 13.4. The third-order valence-corrected chi connectivity index (χ3v) is 4.59. The highest BCUT2D eigenvalue weighted by atomic mass is 32.2. The molecule has 114 valence electrons. The maximum absolute atomic E-state index is 3.64. The molecular formula is C18H26N2S. The van der Waals surface area contributed by atoms with Gasteiger partial charge in [0.25, 0.3) is 0 Å². The molecule has 1 aromatic heterocycles. The summed E-state index contributed by atoms with van der Waals surface area (Å²) < 4.78 is 2.34. The first kappa shape index (κ1) is 16.2. The second-order valence-electron chi connectivity index (χ2n) is 5.63. The van der Waals surface area contributed by atoms with Gasteiger partial charge in [-0.05, 0) is 63.0 Å².